The third-order valence-electron chi connectivity index (χ3n) is 4.67. The van der Waals surface area contributed by atoms with E-state index < -0.39 is 0 Å². The Morgan fingerprint density at radius 1 is 1.19 bits per heavy atom. The lowest BCUT2D eigenvalue weighted by atomic mass is 10.0. The van der Waals surface area contributed by atoms with Crippen molar-refractivity contribution in [3.8, 4) is 11.5 Å². The summed E-state index contributed by atoms with van der Waals surface area (Å²) in [5.41, 5.74) is 1.43. The number of carbonyl (C=O) groups is 1. The van der Waals surface area contributed by atoms with Gasteiger partial charge < -0.3 is 19.5 Å². The zero-order chi connectivity index (χ0) is 18.1. The molecule has 0 spiro atoms. The molecule has 1 fully saturated rings. The molecule has 26 heavy (non-hydrogen) atoms. The van der Waals surface area contributed by atoms with Crippen LogP contribution in [-0.2, 0) is 11.3 Å². The van der Waals surface area contributed by atoms with Crippen LogP contribution in [0.5, 0.6) is 11.5 Å². The highest BCUT2D eigenvalue weighted by molar-refractivity contribution is 6.14. The predicted molar refractivity (Wildman–Crippen MR) is 90.4 cm³/mol. The van der Waals surface area contributed by atoms with Crippen LogP contribution >= 0.6 is 0 Å². The van der Waals surface area contributed by atoms with Gasteiger partial charge in [0.25, 0.3) is 0 Å². The minimum Gasteiger partial charge on any atom is -0.872 e. The Labute approximate surface area is 150 Å². The molecule has 0 unspecified atom stereocenters. The molecular weight excluding hydrogens is 337 g/mol. The summed E-state index contributed by atoms with van der Waals surface area (Å²) in [7, 11) is 0. The van der Waals surface area contributed by atoms with Crippen molar-refractivity contribution in [2.45, 2.75) is 6.54 Å². The highest BCUT2D eigenvalue weighted by Crippen LogP contribution is 2.38. The van der Waals surface area contributed by atoms with Gasteiger partial charge >= 0.3 is 0 Å². The van der Waals surface area contributed by atoms with Crippen LogP contribution in [0, 0.1) is 5.82 Å². The minimum atomic E-state index is -0.388. The molecule has 2 aromatic carbocycles. The minimum absolute atomic E-state index is 0.106. The van der Waals surface area contributed by atoms with E-state index in [9.17, 15) is 14.3 Å². The molecule has 2 aliphatic heterocycles. The van der Waals surface area contributed by atoms with Crippen molar-refractivity contribution in [3.63, 3.8) is 0 Å². The van der Waals surface area contributed by atoms with E-state index in [1.54, 1.807) is 12.1 Å². The topological polar surface area (TPSA) is 63.0 Å². The van der Waals surface area contributed by atoms with Gasteiger partial charge in [0.05, 0.1) is 18.8 Å². The molecule has 2 heterocycles. The normalized spacial score (nSPS) is 18.8. The second kappa shape index (κ2) is 6.90. The molecule has 6 heteroatoms. The molecule has 0 saturated carbocycles. The number of allylic oxidation sites excluding steroid dienone is 1. The number of nitrogens with one attached hydrogen (secondary N) is 1. The number of rotatable bonds is 3. The van der Waals surface area contributed by atoms with E-state index in [4.69, 9.17) is 9.47 Å². The summed E-state index contributed by atoms with van der Waals surface area (Å²) in [6, 6.07) is 8.83. The van der Waals surface area contributed by atoms with E-state index in [2.05, 4.69) is 0 Å². The first-order valence-electron chi connectivity index (χ1n) is 8.56. The van der Waals surface area contributed by atoms with Gasteiger partial charge in [-0.05, 0) is 29.8 Å². The maximum atomic E-state index is 13.4. The number of morpholine rings is 1. The lowest BCUT2D eigenvalue weighted by Gasteiger charge is -2.26. The largest absolute Gasteiger partial charge is 0.872 e. The maximum Gasteiger partial charge on any atom is 0.231 e. The third kappa shape index (κ3) is 3.21. The average Bonchev–Trinajstić information content (AvgIpc) is 2.95. The van der Waals surface area contributed by atoms with Gasteiger partial charge in [-0.25, -0.2) is 4.39 Å². The lowest BCUT2D eigenvalue weighted by molar-refractivity contribution is -0.921. The molecule has 1 saturated heterocycles. The smallest absolute Gasteiger partial charge is 0.231 e. The average molecular weight is 355 g/mol. The van der Waals surface area contributed by atoms with Gasteiger partial charge in [-0.1, -0.05) is 23.9 Å². The number of hydrogen-bond donors (Lipinski definition) is 1. The number of hydrogen-bond acceptors (Lipinski definition) is 4. The number of ketones is 1. The van der Waals surface area contributed by atoms with Gasteiger partial charge in [-0.15, -0.1) is 0 Å². The molecule has 0 bridgehead atoms. The van der Waals surface area contributed by atoms with Crippen molar-refractivity contribution < 1.29 is 28.7 Å². The van der Waals surface area contributed by atoms with E-state index >= 15 is 0 Å². The number of halogens is 1. The molecular formula is C20H18FNO4. The van der Waals surface area contributed by atoms with Gasteiger partial charge in [0.1, 0.15) is 31.2 Å². The SMILES string of the molecule is O=C1/C(=C/c2cccc(F)c2)Oc2c1ccc([O-])c2C[NH+]1CCOCC1. The monoisotopic (exact) mass is 355 g/mol. The van der Waals surface area contributed by atoms with Gasteiger partial charge in [0, 0.05) is 5.56 Å². The summed E-state index contributed by atoms with van der Waals surface area (Å²) < 4.78 is 24.5. The fraction of sp³-hybridized carbons (Fsp3) is 0.250. The molecule has 5 nitrogen and oxygen atoms in total. The van der Waals surface area contributed by atoms with Crippen LogP contribution in [0.2, 0.25) is 0 Å². The van der Waals surface area contributed by atoms with Gasteiger partial charge in [0.15, 0.2) is 5.76 Å². The van der Waals surface area contributed by atoms with E-state index in [0.29, 0.717) is 42.2 Å². The van der Waals surface area contributed by atoms with E-state index in [0.717, 1.165) is 13.1 Å². The summed E-state index contributed by atoms with van der Waals surface area (Å²) in [5, 5.41) is 12.4. The number of quaternary nitrogens is 1. The molecule has 1 N–H and O–H groups in total. The van der Waals surface area contributed by atoms with Crippen molar-refractivity contribution >= 4 is 11.9 Å². The molecule has 2 aromatic rings. The summed E-state index contributed by atoms with van der Waals surface area (Å²) in [5.74, 6) is -0.371. The standard InChI is InChI=1S/C20H18FNO4/c21-14-3-1-2-13(10-14)11-18-19(24)15-4-5-17(23)16(20(15)26-18)12-22-6-8-25-9-7-22/h1-5,10-11,23H,6-9,12H2/b18-11-. The van der Waals surface area contributed by atoms with Crippen LogP contribution in [0.15, 0.2) is 42.2 Å². The highest BCUT2D eigenvalue weighted by atomic mass is 19.1. The summed E-state index contributed by atoms with van der Waals surface area (Å²) in [6.45, 7) is 3.42. The van der Waals surface area contributed by atoms with E-state index in [1.807, 2.05) is 0 Å². The second-order valence-corrected chi connectivity index (χ2v) is 6.45. The van der Waals surface area contributed by atoms with Gasteiger partial charge in [-0.3, -0.25) is 4.79 Å². The van der Waals surface area contributed by atoms with Crippen LogP contribution in [0.3, 0.4) is 0 Å². The fourth-order valence-electron chi connectivity index (χ4n) is 3.29. The van der Waals surface area contributed by atoms with Gasteiger partial charge in [0.2, 0.25) is 5.78 Å². The first kappa shape index (κ1) is 16.8. The van der Waals surface area contributed by atoms with Gasteiger partial charge in [-0.2, -0.15) is 0 Å². The van der Waals surface area contributed by atoms with E-state index in [-0.39, 0.29) is 23.1 Å². The number of carbonyl (C=O) groups excluding carboxylic acids is 1. The third-order valence-corrected chi connectivity index (χ3v) is 4.67. The van der Waals surface area contributed by atoms with Crippen molar-refractivity contribution in [2.24, 2.45) is 0 Å². The second-order valence-electron chi connectivity index (χ2n) is 6.45. The molecule has 134 valence electrons. The molecule has 0 aliphatic carbocycles. The van der Waals surface area contributed by atoms with Crippen molar-refractivity contribution in [1.29, 1.82) is 0 Å². The number of ether oxygens (including phenoxy) is 2. The zero-order valence-electron chi connectivity index (χ0n) is 14.1. The number of Topliss-reactive ketones (excluding diaryl/α,β-unsaturated/α-hetero) is 1. The van der Waals surface area contributed by atoms with Crippen LogP contribution < -0.4 is 14.7 Å². The molecule has 0 radical (unpaired) electrons. The summed E-state index contributed by atoms with van der Waals surface area (Å²) >= 11 is 0. The molecule has 0 amide bonds. The Balaban J connectivity index is 1.66. The first-order chi connectivity index (χ1) is 12.6. The molecule has 0 aromatic heterocycles. The quantitative estimate of drug-likeness (QED) is 0.832. The molecule has 2 aliphatic rings. The first-order valence-corrected chi connectivity index (χ1v) is 8.56. The van der Waals surface area contributed by atoms with Crippen molar-refractivity contribution in [1.82, 2.24) is 0 Å². The summed E-state index contributed by atoms with van der Waals surface area (Å²) in [4.78, 5) is 13.8. The predicted octanol–water partition coefficient (Wildman–Crippen LogP) is 0.931. The van der Waals surface area contributed by atoms with E-state index in [1.165, 1.54) is 35.2 Å². The zero-order valence-corrected chi connectivity index (χ0v) is 14.1. The lowest BCUT2D eigenvalue weighted by Crippen LogP contribution is -3.12. The Bertz CT molecular complexity index is 887. The van der Waals surface area contributed by atoms with Crippen LogP contribution in [0.4, 0.5) is 4.39 Å². The Kier molecular flexibility index (Phi) is 4.44. The number of fused-ring (bicyclic) bond motifs is 1. The Morgan fingerprint density at radius 3 is 2.77 bits per heavy atom. The summed E-state index contributed by atoms with van der Waals surface area (Å²) in [6.07, 6.45) is 1.50. The Morgan fingerprint density at radius 2 is 2.00 bits per heavy atom. The number of benzene rings is 2. The van der Waals surface area contributed by atoms with Crippen molar-refractivity contribution in [2.75, 3.05) is 26.3 Å². The van der Waals surface area contributed by atoms with Crippen LogP contribution in [0.25, 0.3) is 6.08 Å². The fourth-order valence-corrected chi connectivity index (χ4v) is 3.29. The van der Waals surface area contributed by atoms with Crippen LogP contribution in [0.1, 0.15) is 21.5 Å². The Hall–Kier alpha value is -2.70. The molecule has 0 atom stereocenters. The van der Waals surface area contributed by atoms with Crippen molar-refractivity contribution in [3.05, 3.63) is 64.7 Å². The van der Waals surface area contributed by atoms with Crippen LogP contribution in [-0.4, -0.2) is 32.1 Å². The maximum absolute atomic E-state index is 13.4. The molecule has 4 rings (SSSR count). The highest BCUT2D eigenvalue weighted by Gasteiger charge is 2.31.